The topological polar surface area (TPSA) is 26.3 Å². The van der Waals surface area contributed by atoms with Crippen LogP contribution in [-0.4, -0.2) is 12.9 Å². The minimum Gasteiger partial charge on any atom is -0.497 e. The van der Waals surface area contributed by atoms with Crippen LogP contribution in [0, 0.1) is 0 Å². The van der Waals surface area contributed by atoms with E-state index in [0.717, 1.165) is 24.2 Å². The summed E-state index contributed by atoms with van der Waals surface area (Å²) in [4.78, 5) is 11.1. The highest BCUT2D eigenvalue weighted by atomic mass is 16.5. The molecule has 0 radical (unpaired) electrons. The van der Waals surface area contributed by atoms with Crippen LogP contribution in [0.3, 0.4) is 0 Å². The quantitative estimate of drug-likeness (QED) is 0.728. The molecule has 0 amide bonds. The first-order valence-corrected chi connectivity index (χ1v) is 6.09. The lowest BCUT2D eigenvalue weighted by atomic mass is 10.1. The third-order valence-electron chi connectivity index (χ3n) is 2.70. The molecule has 2 nitrogen and oxygen atoms in total. The molecule has 0 spiro atoms. The molecule has 0 unspecified atom stereocenters. The second kappa shape index (κ2) is 6.24. The zero-order valence-corrected chi connectivity index (χ0v) is 11.0. The first-order valence-electron chi connectivity index (χ1n) is 6.09. The van der Waals surface area contributed by atoms with Gasteiger partial charge in [0.2, 0.25) is 0 Å². The third-order valence-corrected chi connectivity index (χ3v) is 2.70. The number of hydrogen-bond acceptors (Lipinski definition) is 2. The number of ketones is 1. The molecule has 0 atom stereocenters. The maximum absolute atomic E-state index is 11.1. The summed E-state index contributed by atoms with van der Waals surface area (Å²) < 4.78 is 5.18. The molecule has 2 rings (SSSR count). The molecule has 0 aromatic heterocycles. The molecule has 0 bridgehead atoms. The molecule has 0 aliphatic heterocycles. The first kappa shape index (κ1) is 13.5. The van der Waals surface area contributed by atoms with Gasteiger partial charge in [-0.2, -0.15) is 0 Å². The van der Waals surface area contributed by atoms with Crippen molar-refractivity contribution in [3.63, 3.8) is 0 Å². The standard InChI is InChI=1S/C13H14O2.C2H6/c1-9(14)7-11-4-3-10-5-6-12(15-2)8-13(10)11;1-2/h5-8H,3-4H2,1-2H3;1-2H3/b11-7+;. The Balaban J connectivity index is 0.000000686. The smallest absolute Gasteiger partial charge is 0.152 e. The fourth-order valence-corrected chi connectivity index (χ4v) is 2.00. The Morgan fingerprint density at radius 1 is 1.29 bits per heavy atom. The van der Waals surface area contributed by atoms with Crippen LogP contribution in [0.4, 0.5) is 0 Å². The Kier molecular flexibility index (Phi) is 4.95. The van der Waals surface area contributed by atoms with Crippen LogP contribution < -0.4 is 4.74 Å². The molecule has 92 valence electrons. The molecule has 0 N–H and O–H groups in total. The Labute approximate surface area is 103 Å². The molecule has 0 fully saturated rings. The number of ether oxygens (including phenoxy) is 1. The molecule has 0 heterocycles. The lowest BCUT2D eigenvalue weighted by Crippen LogP contribution is -1.88. The maximum Gasteiger partial charge on any atom is 0.152 e. The lowest BCUT2D eigenvalue weighted by molar-refractivity contribution is -0.112. The molecule has 0 saturated carbocycles. The summed E-state index contributed by atoms with van der Waals surface area (Å²) in [6, 6.07) is 6.06. The molecule has 1 aliphatic carbocycles. The Bertz CT molecular complexity index is 431. The number of carbonyl (C=O) groups excluding carboxylic acids is 1. The zero-order valence-electron chi connectivity index (χ0n) is 11.0. The van der Waals surface area contributed by atoms with E-state index in [9.17, 15) is 4.79 Å². The Hall–Kier alpha value is -1.57. The van der Waals surface area contributed by atoms with Crippen LogP contribution in [0.25, 0.3) is 5.57 Å². The van der Waals surface area contributed by atoms with Crippen molar-refractivity contribution in [2.24, 2.45) is 0 Å². The fourth-order valence-electron chi connectivity index (χ4n) is 2.00. The van der Waals surface area contributed by atoms with Crippen LogP contribution in [0.1, 0.15) is 38.3 Å². The second-order valence-electron chi connectivity index (χ2n) is 3.80. The van der Waals surface area contributed by atoms with Gasteiger partial charge in [-0.3, -0.25) is 4.79 Å². The van der Waals surface area contributed by atoms with Crippen LogP contribution >= 0.6 is 0 Å². The fraction of sp³-hybridized carbons (Fsp3) is 0.400. The van der Waals surface area contributed by atoms with Crippen molar-refractivity contribution in [1.29, 1.82) is 0 Å². The third kappa shape index (κ3) is 3.19. The predicted octanol–water partition coefficient (Wildman–Crippen LogP) is 3.64. The summed E-state index contributed by atoms with van der Waals surface area (Å²) in [5, 5.41) is 0. The van der Waals surface area contributed by atoms with E-state index in [-0.39, 0.29) is 5.78 Å². The van der Waals surface area contributed by atoms with Crippen LogP contribution in [-0.2, 0) is 11.2 Å². The molecule has 1 aromatic rings. The normalized spacial score (nSPS) is 14.9. The average Bonchev–Trinajstić information content (AvgIpc) is 2.73. The highest BCUT2D eigenvalue weighted by Gasteiger charge is 2.16. The van der Waals surface area contributed by atoms with Gasteiger partial charge in [0.1, 0.15) is 5.75 Å². The van der Waals surface area contributed by atoms with E-state index in [4.69, 9.17) is 4.74 Å². The van der Waals surface area contributed by atoms with Crippen molar-refractivity contribution in [2.45, 2.75) is 33.6 Å². The number of aryl methyl sites for hydroxylation is 1. The van der Waals surface area contributed by atoms with Crippen molar-refractivity contribution in [1.82, 2.24) is 0 Å². The van der Waals surface area contributed by atoms with Crippen molar-refractivity contribution >= 4 is 11.4 Å². The number of allylic oxidation sites excluding steroid dienone is 2. The van der Waals surface area contributed by atoms with Gasteiger partial charge in [0.05, 0.1) is 7.11 Å². The van der Waals surface area contributed by atoms with Gasteiger partial charge in [0, 0.05) is 0 Å². The van der Waals surface area contributed by atoms with Crippen molar-refractivity contribution in [3.8, 4) is 5.75 Å². The van der Waals surface area contributed by atoms with Crippen molar-refractivity contribution < 1.29 is 9.53 Å². The van der Waals surface area contributed by atoms with E-state index in [2.05, 4.69) is 6.07 Å². The largest absolute Gasteiger partial charge is 0.497 e. The van der Waals surface area contributed by atoms with Gasteiger partial charge in [-0.05, 0) is 54.7 Å². The maximum atomic E-state index is 11.1. The second-order valence-corrected chi connectivity index (χ2v) is 3.80. The monoisotopic (exact) mass is 232 g/mol. The van der Waals surface area contributed by atoms with E-state index in [1.807, 2.05) is 26.0 Å². The van der Waals surface area contributed by atoms with E-state index < -0.39 is 0 Å². The molecular weight excluding hydrogens is 212 g/mol. The molecule has 0 saturated heterocycles. The number of benzene rings is 1. The van der Waals surface area contributed by atoms with Crippen LogP contribution in [0.5, 0.6) is 5.75 Å². The number of rotatable bonds is 2. The highest BCUT2D eigenvalue weighted by molar-refractivity contribution is 5.96. The summed E-state index contributed by atoms with van der Waals surface area (Å²) in [7, 11) is 1.66. The molecular formula is C15H20O2. The van der Waals surface area contributed by atoms with Gasteiger partial charge < -0.3 is 4.74 Å². The van der Waals surface area contributed by atoms with Crippen molar-refractivity contribution in [3.05, 3.63) is 35.4 Å². The van der Waals surface area contributed by atoms with Gasteiger partial charge in [-0.25, -0.2) is 0 Å². The molecule has 17 heavy (non-hydrogen) atoms. The summed E-state index contributed by atoms with van der Waals surface area (Å²) in [6.45, 7) is 5.59. The molecule has 1 aromatic carbocycles. The van der Waals surface area contributed by atoms with E-state index in [1.54, 1.807) is 20.1 Å². The molecule has 2 heteroatoms. The van der Waals surface area contributed by atoms with Gasteiger partial charge in [-0.1, -0.05) is 19.9 Å². The minimum absolute atomic E-state index is 0.112. The lowest BCUT2D eigenvalue weighted by Gasteiger charge is -2.04. The Morgan fingerprint density at radius 2 is 2.00 bits per heavy atom. The summed E-state index contributed by atoms with van der Waals surface area (Å²) in [6.07, 6.45) is 3.71. The first-order chi connectivity index (χ1) is 8.20. The van der Waals surface area contributed by atoms with Gasteiger partial charge >= 0.3 is 0 Å². The number of fused-ring (bicyclic) bond motifs is 1. The summed E-state index contributed by atoms with van der Waals surface area (Å²) in [5.41, 5.74) is 3.62. The summed E-state index contributed by atoms with van der Waals surface area (Å²) >= 11 is 0. The summed E-state index contributed by atoms with van der Waals surface area (Å²) in [5.74, 6) is 0.964. The average molecular weight is 232 g/mol. The van der Waals surface area contributed by atoms with Crippen LogP contribution in [0.2, 0.25) is 0 Å². The minimum atomic E-state index is 0.112. The van der Waals surface area contributed by atoms with Crippen LogP contribution in [0.15, 0.2) is 24.3 Å². The van der Waals surface area contributed by atoms with Crippen molar-refractivity contribution in [2.75, 3.05) is 7.11 Å². The van der Waals surface area contributed by atoms with E-state index in [1.165, 1.54) is 11.1 Å². The number of carbonyl (C=O) groups is 1. The number of methoxy groups -OCH3 is 1. The Morgan fingerprint density at radius 3 is 2.59 bits per heavy atom. The van der Waals surface area contributed by atoms with Gasteiger partial charge in [0.15, 0.2) is 5.78 Å². The van der Waals surface area contributed by atoms with E-state index >= 15 is 0 Å². The van der Waals surface area contributed by atoms with Gasteiger partial charge in [0.25, 0.3) is 0 Å². The van der Waals surface area contributed by atoms with E-state index in [0.29, 0.717) is 0 Å². The van der Waals surface area contributed by atoms with Gasteiger partial charge in [-0.15, -0.1) is 0 Å². The SMILES string of the molecule is CC.COc1ccc2c(c1)/C(=C/C(C)=O)CC2. The zero-order chi connectivity index (χ0) is 12.8. The highest BCUT2D eigenvalue weighted by Crippen LogP contribution is 2.34. The predicted molar refractivity (Wildman–Crippen MR) is 71.3 cm³/mol. The number of hydrogen-bond donors (Lipinski definition) is 0. The molecule has 1 aliphatic rings.